The molecule has 0 spiro atoms. The van der Waals surface area contributed by atoms with Crippen LogP contribution in [-0.4, -0.2) is 25.5 Å². The highest BCUT2D eigenvalue weighted by Gasteiger charge is 2.12. The average Bonchev–Trinajstić information content (AvgIpc) is 2.55. The Morgan fingerprint density at radius 1 is 1.09 bits per heavy atom. The second kappa shape index (κ2) is 7.35. The van der Waals surface area contributed by atoms with Gasteiger partial charge in [-0.2, -0.15) is 0 Å². The molecule has 5 nitrogen and oxygen atoms in total. The number of esters is 1. The van der Waals surface area contributed by atoms with Crippen molar-refractivity contribution in [3.05, 3.63) is 59.7 Å². The first-order chi connectivity index (χ1) is 11.0. The molecule has 7 heteroatoms. The van der Waals surface area contributed by atoms with Gasteiger partial charge in [0.1, 0.15) is 11.6 Å². The standard InChI is InChI=1S/C16H14F2N2O3/c1-23-16(22)11-4-2-3-5-13(11)19-9-15(21)20-14-7-6-10(17)8-12(14)18/h2-8,19H,9H2,1H3,(H,20,21). The summed E-state index contributed by atoms with van der Waals surface area (Å²) in [7, 11) is 1.25. The van der Waals surface area contributed by atoms with E-state index in [0.29, 0.717) is 11.8 Å². The van der Waals surface area contributed by atoms with Gasteiger partial charge in [0.2, 0.25) is 5.91 Å². The van der Waals surface area contributed by atoms with Crippen LogP contribution in [0, 0.1) is 11.6 Å². The highest BCUT2D eigenvalue weighted by atomic mass is 19.1. The maximum absolute atomic E-state index is 13.5. The summed E-state index contributed by atoms with van der Waals surface area (Å²) in [6.07, 6.45) is 0. The van der Waals surface area contributed by atoms with Gasteiger partial charge in [-0.3, -0.25) is 4.79 Å². The molecule has 0 aromatic heterocycles. The van der Waals surface area contributed by atoms with E-state index in [1.807, 2.05) is 0 Å². The van der Waals surface area contributed by atoms with Gasteiger partial charge in [-0.1, -0.05) is 12.1 Å². The summed E-state index contributed by atoms with van der Waals surface area (Å²) >= 11 is 0. The van der Waals surface area contributed by atoms with Crippen LogP contribution in [0.5, 0.6) is 0 Å². The predicted octanol–water partition coefficient (Wildman–Crippen LogP) is 2.80. The summed E-state index contributed by atoms with van der Waals surface area (Å²) in [6, 6.07) is 9.35. The molecule has 0 unspecified atom stereocenters. The molecule has 0 atom stereocenters. The Balaban J connectivity index is 2.01. The van der Waals surface area contributed by atoms with Crippen molar-refractivity contribution >= 4 is 23.3 Å². The number of para-hydroxylation sites is 1. The summed E-state index contributed by atoms with van der Waals surface area (Å²) in [5.74, 6) is -2.69. The number of hydrogen-bond donors (Lipinski definition) is 2. The van der Waals surface area contributed by atoms with Crippen LogP contribution in [0.2, 0.25) is 0 Å². The number of anilines is 2. The van der Waals surface area contributed by atoms with Gasteiger partial charge in [0, 0.05) is 11.8 Å². The quantitative estimate of drug-likeness (QED) is 0.831. The molecular weight excluding hydrogens is 306 g/mol. The van der Waals surface area contributed by atoms with Gasteiger partial charge in [0.05, 0.1) is 24.9 Å². The topological polar surface area (TPSA) is 67.4 Å². The fourth-order valence-electron chi connectivity index (χ4n) is 1.89. The van der Waals surface area contributed by atoms with Crippen molar-refractivity contribution in [1.82, 2.24) is 0 Å². The lowest BCUT2D eigenvalue weighted by atomic mass is 10.2. The first kappa shape index (κ1) is 16.4. The fraction of sp³-hybridized carbons (Fsp3) is 0.125. The van der Waals surface area contributed by atoms with Crippen molar-refractivity contribution in [2.24, 2.45) is 0 Å². The minimum Gasteiger partial charge on any atom is -0.465 e. The zero-order valence-corrected chi connectivity index (χ0v) is 12.2. The zero-order valence-electron chi connectivity index (χ0n) is 12.2. The van der Waals surface area contributed by atoms with E-state index in [1.165, 1.54) is 7.11 Å². The second-order valence-corrected chi connectivity index (χ2v) is 4.56. The number of benzene rings is 2. The van der Waals surface area contributed by atoms with Gasteiger partial charge in [-0.05, 0) is 24.3 Å². The third-order valence-corrected chi connectivity index (χ3v) is 2.98. The van der Waals surface area contributed by atoms with Crippen molar-refractivity contribution in [3.63, 3.8) is 0 Å². The van der Waals surface area contributed by atoms with Gasteiger partial charge < -0.3 is 15.4 Å². The van der Waals surface area contributed by atoms with E-state index in [0.717, 1.165) is 12.1 Å². The van der Waals surface area contributed by atoms with Crippen molar-refractivity contribution in [2.45, 2.75) is 0 Å². The molecule has 0 aliphatic carbocycles. The van der Waals surface area contributed by atoms with E-state index in [1.54, 1.807) is 24.3 Å². The predicted molar refractivity (Wildman–Crippen MR) is 81.3 cm³/mol. The number of nitrogens with one attached hydrogen (secondary N) is 2. The van der Waals surface area contributed by atoms with Crippen LogP contribution < -0.4 is 10.6 Å². The summed E-state index contributed by atoms with van der Waals surface area (Å²) in [4.78, 5) is 23.4. The number of ether oxygens (including phenoxy) is 1. The van der Waals surface area contributed by atoms with Crippen LogP contribution in [0.25, 0.3) is 0 Å². The normalized spacial score (nSPS) is 10.0. The lowest BCUT2D eigenvalue weighted by Gasteiger charge is -2.11. The molecule has 23 heavy (non-hydrogen) atoms. The second-order valence-electron chi connectivity index (χ2n) is 4.56. The van der Waals surface area contributed by atoms with Crippen molar-refractivity contribution < 1.29 is 23.1 Å². The zero-order chi connectivity index (χ0) is 16.8. The van der Waals surface area contributed by atoms with Crippen LogP contribution in [0.15, 0.2) is 42.5 Å². The maximum Gasteiger partial charge on any atom is 0.339 e. The molecule has 2 aromatic rings. The van der Waals surface area contributed by atoms with Gasteiger partial charge >= 0.3 is 5.97 Å². The summed E-state index contributed by atoms with van der Waals surface area (Å²) < 4.78 is 30.9. The number of carbonyl (C=O) groups is 2. The number of rotatable bonds is 5. The number of hydrogen-bond acceptors (Lipinski definition) is 4. The van der Waals surface area contributed by atoms with Crippen LogP contribution in [0.3, 0.4) is 0 Å². The lowest BCUT2D eigenvalue weighted by molar-refractivity contribution is -0.114. The summed E-state index contributed by atoms with van der Waals surface area (Å²) in [6.45, 7) is -0.204. The lowest BCUT2D eigenvalue weighted by Crippen LogP contribution is -2.23. The largest absolute Gasteiger partial charge is 0.465 e. The Morgan fingerprint density at radius 2 is 1.83 bits per heavy atom. The summed E-state index contributed by atoms with van der Waals surface area (Å²) in [5.41, 5.74) is 0.560. The van der Waals surface area contributed by atoms with Crippen molar-refractivity contribution in [1.29, 1.82) is 0 Å². The molecule has 0 aliphatic heterocycles. The van der Waals surface area contributed by atoms with E-state index in [2.05, 4.69) is 15.4 Å². The van der Waals surface area contributed by atoms with Gasteiger partial charge in [0.25, 0.3) is 0 Å². The minimum absolute atomic E-state index is 0.126. The maximum atomic E-state index is 13.5. The van der Waals surface area contributed by atoms with Gasteiger partial charge in [0.15, 0.2) is 0 Å². The van der Waals surface area contributed by atoms with Crippen LogP contribution in [-0.2, 0) is 9.53 Å². The molecule has 0 saturated carbocycles. The number of methoxy groups -OCH3 is 1. The monoisotopic (exact) mass is 320 g/mol. The van der Waals surface area contributed by atoms with Crippen molar-refractivity contribution in [3.8, 4) is 0 Å². The first-order valence-corrected chi connectivity index (χ1v) is 6.67. The molecular formula is C16H14F2N2O3. The molecule has 0 aliphatic rings. The number of halogens is 2. The molecule has 0 fully saturated rings. The molecule has 1 amide bonds. The van der Waals surface area contributed by atoms with Crippen molar-refractivity contribution in [2.75, 3.05) is 24.3 Å². The molecule has 2 aromatic carbocycles. The summed E-state index contributed by atoms with van der Waals surface area (Å²) in [5, 5.41) is 5.08. The van der Waals surface area contributed by atoms with E-state index in [-0.39, 0.29) is 17.8 Å². The van der Waals surface area contributed by atoms with E-state index in [9.17, 15) is 18.4 Å². The van der Waals surface area contributed by atoms with E-state index in [4.69, 9.17) is 0 Å². The Kier molecular flexibility index (Phi) is 5.24. The van der Waals surface area contributed by atoms with Gasteiger partial charge in [-0.15, -0.1) is 0 Å². The third-order valence-electron chi connectivity index (χ3n) is 2.98. The minimum atomic E-state index is -0.867. The highest BCUT2D eigenvalue weighted by molar-refractivity contribution is 5.98. The van der Waals surface area contributed by atoms with Gasteiger partial charge in [-0.25, -0.2) is 13.6 Å². The van der Waals surface area contributed by atoms with Crippen LogP contribution in [0.4, 0.5) is 20.2 Å². The number of carbonyl (C=O) groups excluding carboxylic acids is 2. The molecule has 0 heterocycles. The first-order valence-electron chi connectivity index (χ1n) is 6.67. The molecule has 2 N–H and O–H groups in total. The smallest absolute Gasteiger partial charge is 0.339 e. The SMILES string of the molecule is COC(=O)c1ccccc1NCC(=O)Nc1ccc(F)cc1F. The molecule has 2 rings (SSSR count). The van der Waals surface area contributed by atoms with Crippen LogP contribution >= 0.6 is 0 Å². The number of amides is 1. The Bertz CT molecular complexity index is 735. The average molecular weight is 320 g/mol. The fourth-order valence-corrected chi connectivity index (χ4v) is 1.89. The molecule has 0 saturated heterocycles. The van der Waals surface area contributed by atoms with E-state index < -0.39 is 23.5 Å². The molecule has 120 valence electrons. The third kappa shape index (κ3) is 4.26. The molecule has 0 radical (unpaired) electrons. The molecule has 0 bridgehead atoms. The van der Waals surface area contributed by atoms with E-state index >= 15 is 0 Å². The Labute approximate surface area is 131 Å². The van der Waals surface area contributed by atoms with Crippen LogP contribution in [0.1, 0.15) is 10.4 Å². The Hall–Kier alpha value is -2.96. The Morgan fingerprint density at radius 3 is 2.52 bits per heavy atom. The highest BCUT2D eigenvalue weighted by Crippen LogP contribution is 2.17.